The van der Waals surface area contributed by atoms with Crippen LogP contribution >= 0.6 is 11.6 Å². The summed E-state index contributed by atoms with van der Waals surface area (Å²) in [5.74, 6) is 1.17. The van der Waals surface area contributed by atoms with Crippen molar-refractivity contribution in [1.29, 1.82) is 0 Å². The van der Waals surface area contributed by atoms with Gasteiger partial charge in [-0.2, -0.15) is 0 Å². The van der Waals surface area contributed by atoms with Gasteiger partial charge in [0, 0.05) is 11.6 Å². The molecule has 0 radical (unpaired) electrons. The molecule has 0 saturated heterocycles. The number of alkyl halides is 3. The molecule has 0 unspecified atom stereocenters. The van der Waals surface area contributed by atoms with Crippen LogP contribution < -0.4 is 9.47 Å². The fraction of sp³-hybridized carbons (Fsp3) is 0.500. The Balaban J connectivity index is 2.75. The number of halogens is 3. The van der Waals surface area contributed by atoms with Gasteiger partial charge in [0.25, 0.3) is 6.43 Å². The van der Waals surface area contributed by atoms with Crippen molar-refractivity contribution in [3.63, 3.8) is 0 Å². The van der Waals surface area contributed by atoms with Crippen LogP contribution in [-0.2, 0) is 5.88 Å². The molecule has 5 heteroatoms. The second-order valence-corrected chi connectivity index (χ2v) is 3.72. The first kappa shape index (κ1) is 14.0. The molecule has 1 rings (SSSR count). The van der Waals surface area contributed by atoms with E-state index in [1.807, 2.05) is 6.92 Å². The Hall–Kier alpha value is -1.03. The molecule has 96 valence electrons. The fourth-order valence-corrected chi connectivity index (χ4v) is 1.46. The van der Waals surface area contributed by atoms with Gasteiger partial charge in [0.1, 0.15) is 18.1 Å². The molecule has 2 nitrogen and oxygen atoms in total. The van der Waals surface area contributed by atoms with Crippen LogP contribution in [-0.4, -0.2) is 19.6 Å². The molecular formula is C12H15ClF2O2. The van der Waals surface area contributed by atoms with E-state index in [4.69, 9.17) is 21.1 Å². The van der Waals surface area contributed by atoms with Gasteiger partial charge in [-0.05, 0) is 12.5 Å². The lowest BCUT2D eigenvalue weighted by atomic mass is 10.2. The topological polar surface area (TPSA) is 18.5 Å². The van der Waals surface area contributed by atoms with Crippen molar-refractivity contribution in [3.05, 3.63) is 23.8 Å². The first-order valence-corrected chi connectivity index (χ1v) is 5.93. The average Bonchev–Trinajstić information content (AvgIpc) is 2.33. The van der Waals surface area contributed by atoms with Gasteiger partial charge in [-0.1, -0.05) is 13.0 Å². The number of rotatable bonds is 7. The van der Waals surface area contributed by atoms with Crippen molar-refractivity contribution in [2.45, 2.75) is 25.7 Å². The van der Waals surface area contributed by atoms with Crippen LogP contribution in [0.5, 0.6) is 11.5 Å². The summed E-state index contributed by atoms with van der Waals surface area (Å²) in [6.45, 7) is 1.93. The van der Waals surface area contributed by atoms with E-state index in [0.717, 1.165) is 6.42 Å². The van der Waals surface area contributed by atoms with Crippen LogP contribution in [0.2, 0.25) is 0 Å². The molecule has 0 fully saturated rings. The predicted molar refractivity (Wildman–Crippen MR) is 63.3 cm³/mol. The van der Waals surface area contributed by atoms with Crippen molar-refractivity contribution in [2.75, 3.05) is 13.2 Å². The van der Waals surface area contributed by atoms with Crippen molar-refractivity contribution in [3.8, 4) is 11.5 Å². The zero-order chi connectivity index (χ0) is 12.7. The number of hydrogen-bond acceptors (Lipinski definition) is 2. The Morgan fingerprint density at radius 2 is 2.06 bits per heavy atom. The minimum absolute atomic E-state index is 0.215. The lowest BCUT2D eigenvalue weighted by Crippen LogP contribution is -2.08. The molecule has 0 N–H and O–H groups in total. The van der Waals surface area contributed by atoms with Crippen LogP contribution in [0.3, 0.4) is 0 Å². The second-order valence-electron chi connectivity index (χ2n) is 3.45. The van der Waals surface area contributed by atoms with E-state index in [9.17, 15) is 8.78 Å². The number of hydrogen-bond donors (Lipinski definition) is 0. The fourth-order valence-electron chi connectivity index (χ4n) is 1.24. The molecule has 17 heavy (non-hydrogen) atoms. The van der Waals surface area contributed by atoms with E-state index >= 15 is 0 Å². The molecule has 0 atom stereocenters. The highest BCUT2D eigenvalue weighted by atomic mass is 35.5. The van der Waals surface area contributed by atoms with Crippen molar-refractivity contribution in [2.24, 2.45) is 0 Å². The van der Waals surface area contributed by atoms with E-state index in [1.165, 1.54) is 0 Å². The molecule has 0 aliphatic rings. The molecule has 1 aromatic rings. The summed E-state index contributed by atoms with van der Waals surface area (Å²) in [6, 6.07) is 5.07. The maximum atomic E-state index is 12.1. The molecule has 0 spiro atoms. The summed E-state index contributed by atoms with van der Waals surface area (Å²) in [7, 11) is 0. The summed E-state index contributed by atoms with van der Waals surface area (Å²) in [5.41, 5.74) is 0.677. The largest absolute Gasteiger partial charge is 0.493 e. The SMILES string of the molecule is CCCOc1ccc(CCl)c(OCC(F)F)c1. The van der Waals surface area contributed by atoms with Crippen LogP contribution in [0.1, 0.15) is 18.9 Å². The zero-order valence-corrected chi connectivity index (χ0v) is 10.3. The van der Waals surface area contributed by atoms with E-state index in [0.29, 0.717) is 23.7 Å². The third-order valence-corrected chi connectivity index (χ3v) is 2.31. The third-order valence-electron chi connectivity index (χ3n) is 2.02. The van der Waals surface area contributed by atoms with E-state index in [1.54, 1.807) is 18.2 Å². The van der Waals surface area contributed by atoms with E-state index in [2.05, 4.69) is 0 Å². The third kappa shape index (κ3) is 4.77. The summed E-state index contributed by atoms with van der Waals surface area (Å²) in [5, 5.41) is 0. The van der Waals surface area contributed by atoms with Gasteiger partial charge in [-0.15, -0.1) is 11.6 Å². The van der Waals surface area contributed by atoms with Gasteiger partial charge in [-0.3, -0.25) is 0 Å². The Bertz CT molecular complexity index is 345. The van der Waals surface area contributed by atoms with Gasteiger partial charge >= 0.3 is 0 Å². The minimum atomic E-state index is -2.50. The summed E-state index contributed by atoms with van der Waals surface area (Å²) < 4.78 is 34.5. The first-order chi connectivity index (χ1) is 8.17. The van der Waals surface area contributed by atoms with Crippen LogP contribution in [0.15, 0.2) is 18.2 Å². The van der Waals surface area contributed by atoms with Crippen LogP contribution in [0, 0.1) is 0 Å². The van der Waals surface area contributed by atoms with Gasteiger partial charge in [0.05, 0.1) is 12.5 Å². The van der Waals surface area contributed by atoms with Gasteiger partial charge in [-0.25, -0.2) is 8.78 Å². The Morgan fingerprint density at radius 3 is 2.65 bits per heavy atom. The lowest BCUT2D eigenvalue weighted by Gasteiger charge is -2.12. The average molecular weight is 265 g/mol. The molecule has 0 bridgehead atoms. The number of benzene rings is 1. The highest BCUT2D eigenvalue weighted by Gasteiger charge is 2.09. The minimum Gasteiger partial charge on any atom is -0.493 e. The molecular weight excluding hydrogens is 250 g/mol. The maximum absolute atomic E-state index is 12.1. The molecule has 0 aromatic heterocycles. The standard InChI is InChI=1S/C12H15ClF2O2/c1-2-5-16-10-4-3-9(7-13)11(6-10)17-8-12(14)15/h3-4,6,12H,2,5,7-8H2,1H3. The zero-order valence-electron chi connectivity index (χ0n) is 9.59. The Morgan fingerprint density at radius 1 is 1.29 bits per heavy atom. The summed E-state index contributed by atoms with van der Waals surface area (Å²) >= 11 is 5.70. The van der Waals surface area contributed by atoms with Crippen LogP contribution in [0.25, 0.3) is 0 Å². The van der Waals surface area contributed by atoms with Crippen LogP contribution in [0.4, 0.5) is 8.78 Å². The molecule has 0 heterocycles. The summed E-state index contributed by atoms with van der Waals surface area (Å²) in [6.07, 6.45) is -1.62. The predicted octanol–water partition coefficient (Wildman–Crippen LogP) is 3.86. The van der Waals surface area contributed by atoms with Gasteiger partial charge in [0.15, 0.2) is 0 Å². The number of ether oxygens (including phenoxy) is 2. The van der Waals surface area contributed by atoms with Gasteiger partial charge < -0.3 is 9.47 Å². The Kier molecular flexibility index (Phi) is 6.05. The molecule has 0 amide bonds. The molecule has 1 aromatic carbocycles. The second kappa shape index (κ2) is 7.33. The van der Waals surface area contributed by atoms with E-state index < -0.39 is 13.0 Å². The highest BCUT2D eigenvalue weighted by molar-refractivity contribution is 6.17. The maximum Gasteiger partial charge on any atom is 0.272 e. The highest BCUT2D eigenvalue weighted by Crippen LogP contribution is 2.26. The van der Waals surface area contributed by atoms with Crippen molar-refractivity contribution < 1.29 is 18.3 Å². The normalized spacial score (nSPS) is 10.6. The monoisotopic (exact) mass is 264 g/mol. The van der Waals surface area contributed by atoms with Crippen molar-refractivity contribution in [1.82, 2.24) is 0 Å². The first-order valence-electron chi connectivity index (χ1n) is 5.40. The molecule has 0 saturated carbocycles. The van der Waals surface area contributed by atoms with E-state index in [-0.39, 0.29) is 5.88 Å². The quantitative estimate of drug-likeness (QED) is 0.696. The summed E-state index contributed by atoms with van der Waals surface area (Å²) in [4.78, 5) is 0. The van der Waals surface area contributed by atoms with Gasteiger partial charge in [0.2, 0.25) is 0 Å². The smallest absolute Gasteiger partial charge is 0.272 e. The lowest BCUT2D eigenvalue weighted by molar-refractivity contribution is 0.0813. The molecule has 0 aliphatic carbocycles. The van der Waals surface area contributed by atoms with Crippen molar-refractivity contribution >= 4 is 11.6 Å². The Labute approximate surface area is 104 Å². The molecule has 0 aliphatic heterocycles.